The molecule has 0 saturated heterocycles. The number of unbranched alkanes of at least 4 members (excludes halogenated alkanes) is 1. The van der Waals surface area contributed by atoms with Gasteiger partial charge in [-0.3, -0.25) is 9.59 Å². The van der Waals surface area contributed by atoms with E-state index in [0.29, 0.717) is 17.7 Å². The second-order valence-corrected chi connectivity index (χ2v) is 5.96. The highest BCUT2D eigenvalue weighted by Crippen LogP contribution is 2.38. The normalized spacial score (nSPS) is 11.3. The highest BCUT2D eigenvalue weighted by Gasteiger charge is 2.18. The Labute approximate surface area is 155 Å². The zero-order valence-corrected chi connectivity index (χ0v) is 14.9. The van der Waals surface area contributed by atoms with Crippen molar-refractivity contribution >= 4 is 28.4 Å². The molecule has 0 aliphatic rings. The quantitative estimate of drug-likeness (QED) is 0.511. The summed E-state index contributed by atoms with van der Waals surface area (Å²) < 4.78 is 6.81. The minimum atomic E-state index is -1.05. The molecule has 3 aromatic rings. The number of para-hydroxylation sites is 1. The van der Waals surface area contributed by atoms with Gasteiger partial charge in [0.25, 0.3) is 0 Å². The van der Waals surface area contributed by atoms with E-state index in [1.54, 1.807) is 22.8 Å². The van der Waals surface area contributed by atoms with Gasteiger partial charge in [-0.05, 0) is 24.6 Å². The molecule has 2 aromatic heterocycles. The maximum Gasteiger partial charge on any atom is 0.353 e. The molecule has 8 nitrogen and oxygen atoms in total. The number of carbonyl (C=O) groups excluding carboxylic acids is 2. The van der Waals surface area contributed by atoms with Crippen LogP contribution in [0.15, 0.2) is 57.3 Å². The molecule has 0 saturated carbocycles. The maximum atomic E-state index is 11.9. The van der Waals surface area contributed by atoms with Gasteiger partial charge in [0.05, 0.1) is 18.3 Å². The van der Waals surface area contributed by atoms with Gasteiger partial charge in [0.2, 0.25) is 5.88 Å². The zero-order valence-electron chi connectivity index (χ0n) is 14.9. The molecule has 140 valence electrons. The van der Waals surface area contributed by atoms with Crippen LogP contribution < -0.4 is 5.32 Å². The van der Waals surface area contributed by atoms with Crippen LogP contribution in [0, 0.1) is 0 Å². The van der Waals surface area contributed by atoms with Gasteiger partial charge in [0.1, 0.15) is 5.76 Å². The molecule has 2 N–H and O–H groups in total. The van der Waals surface area contributed by atoms with Gasteiger partial charge in [-0.15, -0.1) is 10.2 Å². The maximum absolute atomic E-state index is 11.9. The molecule has 0 atom stereocenters. The van der Waals surface area contributed by atoms with E-state index in [4.69, 9.17) is 4.42 Å². The largest absolute Gasteiger partial charge is 0.493 e. The van der Waals surface area contributed by atoms with Crippen LogP contribution in [0.5, 0.6) is 5.88 Å². The second kappa shape index (κ2) is 8.31. The number of aromatic nitrogens is 1. The highest BCUT2D eigenvalue weighted by molar-refractivity contribution is 6.35. The Hall–Kier alpha value is -3.42. The van der Waals surface area contributed by atoms with Crippen LogP contribution in [-0.4, -0.2) is 21.5 Å². The van der Waals surface area contributed by atoms with Crippen molar-refractivity contribution in [1.29, 1.82) is 0 Å². The van der Waals surface area contributed by atoms with Crippen LogP contribution in [0.25, 0.3) is 10.9 Å². The Bertz CT molecular complexity index is 973. The number of furan rings is 1. The van der Waals surface area contributed by atoms with E-state index in [1.807, 2.05) is 18.2 Å². The fourth-order valence-corrected chi connectivity index (χ4v) is 2.71. The van der Waals surface area contributed by atoms with Gasteiger partial charge in [-0.1, -0.05) is 31.5 Å². The lowest BCUT2D eigenvalue weighted by molar-refractivity contribution is -0.137. The fraction of sp³-hybridized carbons (Fsp3) is 0.263. The fourth-order valence-electron chi connectivity index (χ4n) is 2.71. The molecule has 0 unspecified atom stereocenters. The molecular formula is C19H20N4O4. The lowest BCUT2D eigenvalue weighted by atomic mass is 10.2. The van der Waals surface area contributed by atoms with E-state index in [9.17, 15) is 14.7 Å². The topological polar surface area (TPSA) is 109 Å². The number of azo groups is 1. The number of rotatable bonds is 6. The van der Waals surface area contributed by atoms with Gasteiger partial charge in [-0.2, -0.15) is 0 Å². The lowest BCUT2D eigenvalue weighted by Crippen LogP contribution is -2.28. The number of hydrogen-bond acceptors (Lipinski definition) is 5. The first-order valence-corrected chi connectivity index (χ1v) is 8.68. The van der Waals surface area contributed by atoms with Crippen molar-refractivity contribution in [3.8, 4) is 5.88 Å². The third-order valence-corrected chi connectivity index (χ3v) is 4.09. The molecule has 1 aromatic carbocycles. The molecule has 0 fully saturated rings. The summed E-state index contributed by atoms with van der Waals surface area (Å²) in [6, 6.07) is 10.7. The second-order valence-electron chi connectivity index (χ2n) is 5.96. The molecular weight excluding hydrogens is 348 g/mol. The Morgan fingerprint density at radius 1 is 1.22 bits per heavy atom. The van der Waals surface area contributed by atoms with Crippen LogP contribution in [0.3, 0.4) is 0 Å². The van der Waals surface area contributed by atoms with Gasteiger partial charge >= 0.3 is 11.8 Å². The lowest BCUT2D eigenvalue weighted by Gasteiger charge is -2.05. The number of carbonyl (C=O) groups is 2. The van der Waals surface area contributed by atoms with Crippen LogP contribution in [0.4, 0.5) is 5.69 Å². The zero-order chi connectivity index (χ0) is 19.2. The summed E-state index contributed by atoms with van der Waals surface area (Å²) in [5.74, 6) is -1.50. The smallest absolute Gasteiger partial charge is 0.353 e. The number of benzene rings is 1. The number of nitrogens with one attached hydrogen (secondary N) is 1. The number of aryl methyl sites for hydroxylation is 1. The first kappa shape index (κ1) is 18.4. The number of hydrogen-bond donors (Lipinski definition) is 2. The summed E-state index contributed by atoms with van der Waals surface area (Å²) in [5.41, 5.74) is 0.973. The van der Waals surface area contributed by atoms with E-state index in [0.717, 1.165) is 18.4 Å². The molecule has 2 heterocycles. The van der Waals surface area contributed by atoms with Crippen LogP contribution in [0.1, 0.15) is 25.5 Å². The van der Waals surface area contributed by atoms with Crippen molar-refractivity contribution in [2.24, 2.45) is 10.2 Å². The Balaban J connectivity index is 1.77. The van der Waals surface area contributed by atoms with E-state index in [1.165, 1.54) is 6.26 Å². The first-order valence-electron chi connectivity index (χ1n) is 8.68. The van der Waals surface area contributed by atoms with Crippen molar-refractivity contribution in [3.05, 3.63) is 48.4 Å². The predicted octanol–water partition coefficient (Wildman–Crippen LogP) is 3.67. The molecule has 2 amide bonds. The van der Waals surface area contributed by atoms with Crippen molar-refractivity contribution in [1.82, 2.24) is 9.88 Å². The highest BCUT2D eigenvalue weighted by atomic mass is 16.3. The number of amides is 2. The van der Waals surface area contributed by atoms with Crippen LogP contribution >= 0.6 is 0 Å². The summed E-state index contributed by atoms with van der Waals surface area (Å²) >= 11 is 0. The summed E-state index contributed by atoms with van der Waals surface area (Å²) in [6.45, 7) is 2.76. The Morgan fingerprint density at radius 3 is 2.78 bits per heavy atom. The molecule has 0 radical (unpaired) electrons. The third kappa shape index (κ3) is 4.05. The molecule has 0 spiro atoms. The number of aromatic hydroxyl groups is 1. The predicted molar refractivity (Wildman–Crippen MR) is 98.6 cm³/mol. The number of nitrogens with zero attached hydrogens (tertiary/aromatic N) is 3. The minimum Gasteiger partial charge on any atom is -0.493 e. The van der Waals surface area contributed by atoms with E-state index < -0.39 is 11.8 Å². The Morgan fingerprint density at radius 2 is 2.04 bits per heavy atom. The summed E-state index contributed by atoms with van der Waals surface area (Å²) in [5, 5.41) is 20.9. The Kier molecular flexibility index (Phi) is 5.65. The monoisotopic (exact) mass is 368 g/mol. The van der Waals surface area contributed by atoms with E-state index in [2.05, 4.69) is 22.5 Å². The van der Waals surface area contributed by atoms with Crippen LogP contribution in [0.2, 0.25) is 0 Å². The molecule has 3 rings (SSSR count). The van der Waals surface area contributed by atoms with Crippen molar-refractivity contribution in [3.63, 3.8) is 0 Å². The van der Waals surface area contributed by atoms with Gasteiger partial charge < -0.3 is 19.4 Å². The van der Waals surface area contributed by atoms with Crippen molar-refractivity contribution in [2.75, 3.05) is 0 Å². The van der Waals surface area contributed by atoms with Crippen molar-refractivity contribution in [2.45, 2.75) is 32.9 Å². The first-order chi connectivity index (χ1) is 13.1. The minimum absolute atomic E-state index is 0.0720. The molecule has 0 aliphatic heterocycles. The van der Waals surface area contributed by atoms with Gasteiger partial charge in [0.15, 0.2) is 5.69 Å². The summed E-state index contributed by atoms with van der Waals surface area (Å²) in [4.78, 5) is 23.7. The average Bonchev–Trinajstić information content (AvgIpc) is 3.29. The molecule has 0 bridgehead atoms. The SMILES string of the molecule is CCCCn1c(O)c(N=NC(=O)C(=O)NCc2ccco2)c2ccccc21. The van der Waals surface area contributed by atoms with Crippen molar-refractivity contribution < 1.29 is 19.1 Å². The number of fused-ring (bicyclic) bond motifs is 1. The summed E-state index contributed by atoms with van der Waals surface area (Å²) in [6.07, 6.45) is 3.33. The standard InChI is InChI=1S/C19H20N4O4/c1-2-3-10-23-15-9-5-4-8-14(15)16(19(23)26)21-22-18(25)17(24)20-12-13-7-6-11-27-13/h4-9,11,26H,2-3,10,12H2,1H3,(H,20,24). The average molecular weight is 368 g/mol. The van der Waals surface area contributed by atoms with E-state index in [-0.39, 0.29) is 18.1 Å². The van der Waals surface area contributed by atoms with Gasteiger partial charge in [-0.25, -0.2) is 0 Å². The molecule has 0 aliphatic carbocycles. The van der Waals surface area contributed by atoms with Crippen LogP contribution in [-0.2, 0) is 22.7 Å². The molecule has 8 heteroatoms. The third-order valence-electron chi connectivity index (χ3n) is 4.09. The van der Waals surface area contributed by atoms with E-state index >= 15 is 0 Å². The summed E-state index contributed by atoms with van der Waals surface area (Å²) in [7, 11) is 0. The molecule has 27 heavy (non-hydrogen) atoms. The van der Waals surface area contributed by atoms with Gasteiger partial charge in [0, 0.05) is 11.9 Å².